The average molecular weight is 1450 g/mol. The fourth-order valence-electron chi connectivity index (χ4n) is 13.1. The lowest BCUT2D eigenvalue weighted by molar-refractivity contribution is 0.277. The summed E-state index contributed by atoms with van der Waals surface area (Å²) in [5, 5.41) is 18.1. The first-order chi connectivity index (χ1) is 48.9. The summed E-state index contributed by atoms with van der Waals surface area (Å²) in [5.74, 6) is 0. The Kier molecular flexibility index (Phi) is 38.1. The number of ether oxygens (including phenoxy) is 1. The van der Waals surface area contributed by atoms with Crippen LogP contribution in [-0.4, -0.2) is 87.0 Å². The van der Waals surface area contributed by atoms with Crippen LogP contribution in [0.5, 0.6) is 0 Å². The minimum Gasteiger partial charge on any atom is -0.388 e. The zero-order chi connectivity index (χ0) is 70.5. The van der Waals surface area contributed by atoms with Crippen molar-refractivity contribution in [2.24, 2.45) is 0 Å². The van der Waals surface area contributed by atoms with E-state index in [1.165, 1.54) is 179 Å². The van der Waals surface area contributed by atoms with E-state index in [1.54, 1.807) is 14.2 Å². The van der Waals surface area contributed by atoms with E-state index in [2.05, 4.69) is 369 Å². The molecule has 99 heavy (non-hydrogen) atoms. The molecule has 0 heterocycles. The van der Waals surface area contributed by atoms with E-state index in [9.17, 15) is 4.39 Å². The quantitative estimate of drug-likeness (QED) is 0.0433. The van der Waals surface area contributed by atoms with Gasteiger partial charge in [0, 0.05) is 55.2 Å². The molecule has 512 valence electrons. The highest BCUT2D eigenvalue weighted by molar-refractivity contribution is 7.97. The molecule has 0 aliphatic rings. The summed E-state index contributed by atoms with van der Waals surface area (Å²) in [6.45, 7) is 4.00. The molecule has 0 atom stereocenters. The third kappa shape index (κ3) is 22.1. The van der Waals surface area contributed by atoms with Crippen molar-refractivity contribution >= 4 is 134 Å². The maximum atomic E-state index is 9.50. The lowest BCUT2D eigenvalue weighted by Gasteiger charge is -2.27. The second-order valence-corrected chi connectivity index (χ2v) is 42.4. The fourth-order valence-corrected chi connectivity index (χ4v) is 34.9. The van der Waals surface area contributed by atoms with Crippen LogP contribution < -0.4 is 63.7 Å². The maximum Gasteiger partial charge on any atom is 0.112 e. The molecule has 12 aromatic carbocycles. The van der Waals surface area contributed by atoms with Gasteiger partial charge in [0.15, 0.2) is 0 Å². The monoisotopic (exact) mass is 1450 g/mol. The number of hydrogen-bond acceptors (Lipinski definition) is 1. The SMILES string of the molecule is CC.CF.COC.[SiH3]CCC[P+](c1ccccc1)(c1ccccc1)c1ccccc1.[SiH3]CCC[P+](c1ccccc1)(c1ccccc1)c1ccccc1.[SiH3]CCC[P+](c1ccccc1)(c1ccccc1)c1ccccc1.[SiH3]CCC[P+](c1ccccc1)(c1ccccc1)c1ccccc1. The molecule has 0 aliphatic heterocycles. The first kappa shape index (κ1) is 81.1. The molecule has 12 rings (SSSR count). The summed E-state index contributed by atoms with van der Waals surface area (Å²) < 4.78 is 13.8. The van der Waals surface area contributed by atoms with E-state index in [1.807, 2.05) is 13.8 Å². The summed E-state index contributed by atoms with van der Waals surface area (Å²) in [7, 11) is 2.71. The van der Waals surface area contributed by atoms with Crippen LogP contribution in [0.4, 0.5) is 4.39 Å². The van der Waals surface area contributed by atoms with Crippen molar-refractivity contribution in [3.8, 4) is 0 Å². The van der Waals surface area contributed by atoms with Crippen molar-refractivity contribution < 1.29 is 9.13 Å². The van der Waals surface area contributed by atoms with Gasteiger partial charge in [0.05, 0.1) is 31.8 Å². The van der Waals surface area contributed by atoms with Gasteiger partial charge in [-0.15, -0.1) is 0 Å². The van der Waals surface area contributed by atoms with Crippen molar-refractivity contribution in [3.05, 3.63) is 364 Å². The van der Waals surface area contributed by atoms with Crippen molar-refractivity contribution in [1.82, 2.24) is 0 Å². The third-order valence-corrected chi connectivity index (χ3v) is 38.7. The Balaban J connectivity index is 0.000000202. The Morgan fingerprint density at radius 1 is 0.202 bits per heavy atom. The van der Waals surface area contributed by atoms with Crippen LogP contribution >= 0.6 is 29.0 Å². The van der Waals surface area contributed by atoms with Crippen LogP contribution in [0.3, 0.4) is 0 Å². The van der Waals surface area contributed by atoms with E-state index >= 15 is 0 Å². The van der Waals surface area contributed by atoms with Gasteiger partial charge in [0.2, 0.25) is 0 Å². The van der Waals surface area contributed by atoms with Crippen molar-refractivity contribution in [1.29, 1.82) is 0 Å². The summed E-state index contributed by atoms with van der Waals surface area (Å²) in [4.78, 5) is 0. The van der Waals surface area contributed by atoms with Crippen LogP contribution in [0.2, 0.25) is 24.2 Å². The molecule has 0 saturated heterocycles. The second-order valence-electron chi connectivity index (χ2n) is 24.0. The zero-order valence-electron chi connectivity index (χ0n) is 60.7. The molecule has 1 nitrogen and oxygen atoms in total. The Morgan fingerprint density at radius 3 is 0.354 bits per heavy atom. The first-order valence-electron chi connectivity index (χ1n) is 35.9. The molecule has 0 bridgehead atoms. The number of methoxy groups -OCH3 is 1. The highest BCUT2D eigenvalue weighted by atomic mass is 31.2. The highest BCUT2D eigenvalue weighted by Gasteiger charge is 2.48. The lowest BCUT2D eigenvalue weighted by Crippen LogP contribution is -2.33. The predicted octanol–water partition coefficient (Wildman–Crippen LogP) is 14.5. The number of alkyl halides is 1. The van der Waals surface area contributed by atoms with Crippen molar-refractivity contribution in [2.45, 2.75) is 63.7 Å². The Morgan fingerprint density at radius 2 is 0.283 bits per heavy atom. The molecule has 0 amide bonds. The first-order valence-corrected chi connectivity index (χ1v) is 49.5. The minimum absolute atomic E-state index is 0.500. The van der Waals surface area contributed by atoms with E-state index in [4.69, 9.17) is 0 Å². The Hall–Kier alpha value is -6.88. The van der Waals surface area contributed by atoms with E-state index < -0.39 is 29.0 Å². The van der Waals surface area contributed by atoms with Crippen LogP contribution in [0.15, 0.2) is 364 Å². The van der Waals surface area contributed by atoms with Crippen molar-refractivity contribution in [2.75, 3.05) is 46.0 Å². The number of hydrogen-bond donors (Lipinski definition) is 0. The van der Waals surface area contributed by atoms with Gasteiger partial charge < -0.3 is 4.74 Å². The molecule has 0 fully saturated rings. The maximum absolute atomic E-state index is 9.50. The smallest absolute Gasteiger partial charge is 0.112 e. The largest absolute Gasteiger partial charge is 0.388 e. The highest BCUT2D eigenvalue weighted by Crippen LogP contribution is 2.59. The third-order valence-electron chi connectivity index (χ3n) is 17.8. The Labute approximate surface area is 612 Å². The molecule has 0 aromatic heterocycles. The summed E-state index contributed by atoms with van der Waals surface area (Å²) in [5.41, 5.74) is 0. The minimum atomic E-state index is -1.55. The molecule has 12 aromatic rings. The van der Waals surface area contributed by atoms with E-state index in [0.717, 1.165) is 0 Å². The standard InChI is InChI=1S/4C21H24PSi.C2H6O.C2H6.CH3F/c4*23-18-10-17-22(19-11-4-1-5-12-19,20-13-6-2-7-14-20)21-15-8-3-9-16-21;1-3-2;2*1-2/h4*1-9,11-16H,10,17-18H2,23H3;1-2H3;1-2H3;1H3/q4*+1;;;. The molecule has 0 unspecified atom stereocenters. The lowest BCUT2D eigenvalue weighted by atomic mass is 10.4. The summed E-state index contributed by atoms with van der Waals surface area (Å²) >= 11 is 0. The second kappa shape index (κ2) is 46.5. The van der Waals surface area contributed by atoms with E-state index in [0.29, 0.717) is 7.18 Å². The van der Waals surface area contributed by atoms with Crippen molar-refractivity contribution in [3.63, 3.8) is 0 Å². The van der Waals surface area contributed by atoms with Gasteiger partial charge in [-0.1, -0.05) is 256 Å². The molecular formula is C89H111FOP4Si4+4. The molecule has 0 N–H and O–H groups in total. The molecule has 0 saturated carbocycles. The molecule has 10 heteroatoms. The van der Waals surface area contributed by atoms with Gasteiger partial charge in [0.1, 0.15) is 92.7 Å². The van der Waals surface area contributed by atoms with Gasteiger partial charge in [-0.3, -0.25) is 4.39 Å². The van der Waals surface area contributed by atoms with Crippen LogP contribution in [0, 0.1) is 0 Å². The van der Waals surface area contributed by atoms with Gasteiger partial charge >= 0.3 is 0 Å². The van der Waals surface area contributed by atoms with Gasteiger partial charge in [-0.25, -0.2) is 0 Å². The van der Waals surface area contributed by atoms with Gasteiger partial charge in [-0.05, 0) is 171 Å². The zero-order valence-corrected chi connectivity index (χ0v) is 72.3. The van der Waals surface area contributed by atoms with Crippen LogP contribution in [0.25, 0.3) is 0 Å². The molecule has 0 spiro atoms. The number of benzene rings is 12. The van der Waals surface area contributed by atoms with Crippen LogP contribution in [-0.2, 0) is 4.74 Å². The summed E-state index contributed by atoms with van der Waals surface area (Å²) in [6.07, 6.45) is 10.4. The molecule has 0 radical (unpaired) electrons. The van der Waals surface area contributed by atoms with Crippen LogP contribution in [0.1, 0.15) is 39.5 Å². The fraction of sp³-hybridized carbons (Fsp3) is 0.191. The predicted molar refractivity (Wildman–Crippen MR) is 469 cm³/mol. The van der Waals surface area contributed by atoms with Gasteiger partial charge in [-0.2, -0.15) is 0 Å². The van der Waals surface area contributed by atoms with Gasteiger partial charge in [0.25, 0.3) is 0 Å². The topological polar surface area (TPSA) is 9.23 Å². The molecular weight excluding hydrogens is 1340 g/mol. The average Bonchev–Trinajstić information content (AvgIpc) is 0.789. The number of halogens is 1. The Bertz CT molecular complexity index is 3010. The normalized spacial score (nSPS) is 11.0. The number of rotatable bonds is 24. The molecule has 0 aliphatic carbocycles. The van der Waals surface area contributed by atoms with E-state index in [-0.39, 0.29) is 0 Å². The summed E-state index contributed by atoms with van der Waals surface area (Å²) in [6, 6.07) is 140.